The Morgan fingerprint density at radius 3 is 2.50 bits per heavy atom. The van der Waals surface area contributed by atoms with Crippen LogP contribution in [0.1, 0.15) is 28.9 Å². The second kappa shape index (κ2) is 7.86. The van der Waals surface area contributed by atoms with E-state index >= 15 is 0 Å². The van der Waals surface area contributed by atoms with Crippen LogP contribution in [0.3, 0.4) is 0 Å². The molecule has 0 fully saturated rings. The summed E-state index contributed by atoms with van der Waals surface area (Å²) in [6.07, 6.45) is 2.22. The van der Waals surface area contributed by atoms with E-state index in [1.807, 2.05) is 35.5 Å². The summed E-state index contributed by atoms with van der Waals surface area (Å²) in [6, 6.07) is 10.1. The monoisotopic (exact) mass is 415 g/mol. The van der Waals surface area contributed by atoms with Gasteiger partial charge in [0.15, 0.2) is 5.82 Å². The third-order valence-corrected chi connectivity index (χ3v) is 5.36. The van der Waals surface area contributed by atoms with Crippen LogP contribution in [0.2, 0.25) is 0 Å². The van der Waals surface area contributed by atoms with Crippen LogP contribution in [0.4, 0.5) is 5.82 Å². The average molecular weight is 416 g/mol. The topological polar surface area (TPSA) is 64.7 Å². The summed E-state index contributed by atoms with van der Waals surface area (Å²) >= 11 is 3.50. The molecule has 2 heterocycles. The second-order valence-corrected chi connectivity index (χ2v) is 7.18. The fourth-order valence-electron chi connectivity index (χ4n) is 2.70. The zero-order chi connectivity index (χ0) is 18.7. The van der Waals surface area contributed by atoms with Crippen molar-refractivity contribution < 1.29 is 4.79 Å². The zero-order valence-electron chi connectivity index (χ0n) is 15.2. The summed E-state index contributed by atoms with van der Waals surface area (Å²) in [7, 11) is 0. The number of nitrogens with zero attached hydrogens (tertiary/aromatic N) is 4. The number of hydrogen-bond donors (Lipinski definition) is 1. The third kappa shape index (κ3) is 4.40. The molecule has 0 unspecified atom stereocenters. The first-order valence-corrected chi connectivity index (χ1v) is 9.30. The molecule has 6 nitrogen and oxygen atoms in total. The highest BCUT2D eigenvalue weighted by atomic mass is 79.9. The summed E-state index contributed by atoms with van der Waals surface area (Å²) in [4.78, 5) is 12.2. The molecule has 1 amide bonds. The van der Waals surface area contributed by atoms with E-state index in [0.717, 1.165) is 15.9 Å². The van der Waals surface area contributed by atoms with Crippen molar-refractivity contribution in [2.75, 3.05) is 5.32 Å². The van der Waals surface area contributed by atoms with E-state index in [9.17, 15) is 4.79 Å². The lowest BCUT2D eigenvalue weighted by Gasteiger charge is -2.05. The van der Waals surface area contributed by atoms with Crippen LogP contribution in [0.25, 0.3) is 0 Å². The van der Waals surface area contributed by atoms with Crippen molar-refractivity contribution >= 4 is 27.7 Å². The zero-order valence-corrected chi connectivity index (χ0v) is 16.7. The lowest BCUT2D eigenvalue weighted by molar-refractivity contribution is -0.116. The van der Waals surface area contributed by atoms with E-state index < -0.39 is 0 Å². The minimum absolute atomic E-state index is 0.0748. The first-order chi connectivity index (χ1) is 12.4. The van der Waals surface area contributed by atoms with Crippen LogP contribution in [-0.4, -0.2) is 25.5 Å². The summed E-state index contributed by atoms with van der Waals surface area (Å²) in [5, 5.41) is 11.7. The molecular formula is C19H22BrN5O. The minimum Gasteiger partial charge on any atom is -0.309 e. The first kappa shape index (κ1) is 18.4. The molecule has 0 spiro atoms. The fourth-order valence-corrected chi connectivity index (χ4v) is 2.99. The van der Waals surface area contributed by atoms with Gasteiger partial charge in [-0.2, -0.15) is 10.2 Å². The van der Waals surface area contributed by atoms with Gasteiger partial charge in [-0.15, -0.1) is 0 Å². The molecule has 0 aliphatic heterocycles. The van der Waals surface area contributed by atoms with Gasteiger partial charge in [-0.25, -0.2) is 0 Å². The molecule has 3 rings (SSSR count). The maximum absolute atomic E-state index is 12.2. The van der Waals surface area contributed by atoms with Crippen LogP contribution >= 0.6 is 15.9 Å². The molecule has 136 valence electrons. The van der Waals surface area contributed by atoms with Crippen LogP contribution in [-0.2, 0) is 17.9 Å². The number of halogens is 1. The van der Waals surface area contributed by atoms with Crippen molar-refractivity contribution in [2.24, 2.45) is 0 Å². The molecule has 0 saturated heterocycles. The Hall–Kier alpha value is -2.41. The van der Waals surface area contributed by atoms with E-state index in [2.05, 4.69) is 62.6 Å². The number of rotatable bonds is 6. The highest BCUT2D eigenvalue weighted by Gasteiger charge is 2.11. The van der Waals surface area contributed by atoms with Gasteiger partial charge in [0.2, 0.25) is 5.91 Å². The maximum Gasteiger partial charge on any atom is 0.227 e. The number of hydrogen-bond acceptors (Lipinski definition) is 3. The van der Waals surface area contributed by atoms with Gasteiger partial charge in [-0.3, -0.25) is 14.2 Å². The van der Waals surface area contributed by atoms with Crippen molar-refractivity contribution in [3.05, 3.63) is 63.5 Å². The molecule has 0 radical (unpaired) electrons. The molecule has 0 saturated carbocycles. The van der Waals surface area contributed by atoms with Gasteiger partial charge in [-0.05, 0) is 42.3 Å². The summed E-state index contributed by atoms with van der Waals surface area (Å²) in [5.74, 6) is 0.492. The fraction of sp³-hybridized carbons (Fsp3) is 0.316. The molecule has 0 bridgehead atoms. The Bertz CT molecular complexity index is 911. The Kier molecular flexibility index (Phi) is 5.56. The smallest absolute Gasteiger partial charge is 0.227 e. The summed E-state index contributed by atoms with van der Waals surface area (Å²) in [5.41, 5.74) is 4.36. The van der Waals surface area contributed by atoms with E-state index in [0.29, 0.717) is 25.3 Å². The SMILES string of the molecule is Cc1ccc(Cn2ccc(NC(=O)CCn3nc(C)c(Br)c3C)n2)cc1. The predicted octanol–water partition coefficient (Wildman–Crippen LogP) is 3.84. The van der Waals surface area contributed by atoms with Gasteiger partial charge in [-0.1, -0.05) is 29.8 Å². The molecule has 0 atom stereocenters. The Morgan fingerprint density at radius 1 is 1.12 bits per heavy atom. The number of aryl methyl sites for hydroxylation is 3. The highest BCUT2D eigenvalue weighted by molar-refractivity contribution is 9.10. The molecule has 0 aliphatic carbocycles. The van der Waals surface area contributed by atoms with Gasteiger partial charge >= 0.3 is 0 Å². The van der Waals surface area contributed by atoms with Crippen molar-refractivity contribution in [3.63, 3.8) is 0 Å². The van der Waals surface area contributed by atoms with Crippen LogP contribution in [0.15, 0.2) is 41.0 Å². The summed E-state index contributed by atoms with van der Waals surface area (Å²) < 4.78 is 4.65. The molecule has 7 heteroatoms. The standard InChI is InChI=1S/C19H22BrN5O/c1-13-4-6-16(7-5-13)12-24-10-8-17(23-24)21-18(26)9-11-25-15(3)19(20)14(2)22-25/h4-8,10H,9,11-12H2,1-3H3,(H,21,23,26). The maximum atomic E-state index is 12.2. The van der Waals surface area contributed by atoms with Crippen LogP contribution in [0, 0.1) is 20.8 Å². The molecule has 1 aromatic carbocycles. The van der Waals surface area contributed by atoms with E-state index in [1.54, 1.807) is 0 Å². The molecular weight excluding hydrogens is 394 g/mol. The number of carbonyl (C=O) groups excluding carboxylic acids is 1. The number of benzene rings is 1. The lowest BCUT2D eigenvalue weighted by Crippen LogP contribution is -2.16. The minimum atomic E-state index is -0.0748. The molecule has 2 aromatic heterocycles. The summed E-state index contributed by atoms with van der Waals surface area (Å²) in [6.45, 7) is 7.20. The number of nitrogens with one attached hydrogen (secondary N) is 1. The van der Waals surface area contributed by atoms with E-state index in [-0.39, 0.29) is 5.91 Å². The van der Waals surface area contributed by atoms with Gasteiger partial charge in [0, 0.05) is 24.4 Å². The Morgan fingerprint density at radius 2 is 1.85 bits per heavy atom. The van der Waals surface area contributed by atoms with Crippen molar-refractivity contribution in [1.29, 1.82) is 0 Å². The molecule has 1 N–H and O–H groups in total. The molecule has 0 aliphatic rings. The Labute approximate surface area is 161 Å². The molecule has 26 heavy (non-hydrogen) atoms. The van der Waals surface area contributed by atoms with Crippen molar-refractivity contribution in [1.82, 2.24) is 19.6 Å². The number of anilines is 1. The van der Waals surface area contributed by atoms with Gasteiger partial charge < -0.3 is 5.32 Å². The number of aromatic nitrogens is 4. The van der Waals surface area contributed by atoms with Gasteiger partial charge in [0.25, 0.3) is 0 Å². The normalized spacial score (nSPS) is 10.9. The predicted molar refractivity (Wildman–Crippen MR) is 105 cm³/mol. The van der Waals surface area contributed by atoms with Crippen molar-refractivity contribution in [3.8, 4) is 0 Å². The molecule has 3 aromatic rings. The number of carbonyl (C=O) groups is 1. The highest BCUT2D eigenvalue weighted by Crippen LogP contribution is 2.19. The van der Waals surface area contributed by atoms with Crippen molar-refractivity contribution in [2.45, 2.75) is 40.3 Å². The van der Waals surface area contributed by atoms with Crippen LogP contribution < -0.4 is 5.32 Å². The quantitative estimate of drug-likeness (QED) is 0.664. The first-order valence-electron chi connectivity index (χ1n) is 8.51. The average Bonchev–Trinajstić information content (AvgIpc) is 3.15. The van der Waals surface area contributed by atoms with E-state index in [4.69, 9.17) is 0 Å². The lowest BCUT2D eigenvalue weighted by atomic mass is 10.1. The van der Waals surface area contributed by atoms with Gasteiger partial charge in [0.05, 0.1) is 23.3 Å². The largest absolute Gasteiger partial charge is 0.309 e. The van der Waals surface area contributed by atoms with Crippen LogP contribution in [0.5, 0.6) is 0 Å². The number of amides is 1. The Balaban J connectivity index is 1.54. The second-order valence-electron chi connectivity index (χ2n) is 6.39. The van der Waals surface area contributed by atoms with E-state index in [1.165, 1.54) is 11.1 Å². The van der Waals surface area contributed by atoms with Gasteiger partial charge in [0.1, 0.15) is 0 Å². The third-order valence-electron chi connectivity index (χ3n) is 4.22.